The summed E-state index contributed by atoms with van der Waals surface area (Å²) < 4.78 is 23.7. The van der Waals surface area contributed by atoms with Gasteiger partial charge < -0.3 is 0 Å². The zero-order valence-corrected chi connectivity index (χ0v) is 10.2. The first-order valence-corrected chi connectivity index (χ1v) is 6.23. The van der Waals surface area contributed by atoms with E-state index >= 15 is 0 Å². The van der Waals surface area contributed by atoms with Gasteiger partial charge >= 0.3 is 0 Å². The molecule has 0 bridgehead atoms. The molecule has 1 aromatic carbocycles. The lowest BCUT2D eigenvalue weighted by atomic mass is 10.4. The maximum Gasteiger partial charge on any atom is 0.257 e. The van der Waals surface area contributed by atoms with Crippen LogP contribution in [0.4, 0.5) is 0 Å². The molecule has 0 atom stereocenters. The molecule has 1 rings (SSSR count). The van der Waals surface area contributed by atoms with Crippen molar-refractivity contribution in [2.45, 2.75) is 11.8 Å². The molecule has 2 N–H and O–H groups in total. The molecule has 0 aliphatic carbocycles. The molecular weight excluding hydrogens is 284 g/mol. The van der Waals surface area contributed by atoms with Gasteiger partial charge in [-0.05, 0) is 18.2 Å². The van der Waals surface area contributed by atoms with Crippen molar-refractivity contribution in [1.29, 1.82) is 0 Å². The van der Waals surface area contributed by atoms with Crippen molar-refractivity contribution < 1.29 is 13.2 Å². The molecule has 15 heavy (non-hydrogen) atoms. The van der Waals surface area contributed by atoms with E-state index in [2.05, 4.69) is 15.9 Å². The van der Waals surface area contributed by atoms with Gasteiger partial charge in [-0.1, -0.05) is 22.0 Å². The van der Waals surface area contributed by atoms with Crippen LogP contribution in [0.15, 0.2) is 33.6 Å². The van der Waals surface area contributed by atoms with E-state index in [4.69, 9.17) is 0 Å². The van der Waals surface area contributed by atoms with E-state index in [0.717, 1.165) is 0 Å². The Hall–Kier alpha value is -0.920. The average Bonchev–Trinajstić information content (AvgIpc) is 2.15. The van der Waals surface area contributed by atoms with Gasteiger partial charge in [0.05, 0.1) is 4.90 Å². The molecule has 7 heteroatoms. The lowest BCUT2D eigenvalue weighted by Crippen LogP contribution is -2.40. The maximum absolute atomic E-state index is 11.5. The lowest BCUT2D eigenvalue weighted by Gasteiger charge is -2.06. The Morgan fingerprint density at radius 3 is 2.60 bits per heavy atom. The van der Waals surface area contributed by atoms with Crippen LogP contribution >= 0.6 is 15.9 Å². The Morgan fingerprint density at radius 1 is 1.40 bits per heavy atom. The minimum absolute atomic E-state index is 0.0747. The van der Waals surface area contributed by atoms with Crippen molar-refractivity contribution in [1.82, 2.24) is 10.3 Å². The molecule has 0 spiro atoms. The number of carbonyl (C=O) groups is 1. The lowest BCUT2D eigenvalue weighted by molar-refractivity contribution is -0.119. The van der Waals surface area contributed by atoms with Crippen LogP contribution in [0.2, 0.25) is 0 Å². The molecule has 0 saturated carbocycles. The molecule has 0 fully saturated rings. The number of benzene rings is 1. The number of carbonyl (C=O) groups excluding carboxylic acids is 1. The summed E-state index contributed by atoms with van der Waals surface area (Å²) in [6.45, 7) is 1.21. The van der Waals surface area contributed by atoms with E-state index in [1.807, 2.05) is 10.3 Å². The Kier molecular flexibility index (Phi) is 3.83. The van der Waals surface area contributed by atoms with E-state index in [1.165, 1.54) is 19.1 Å². The van der Waals surface area contributed by atoms with Crippen molar-refractivity contribution in [3.05, 3.63) is 28.7 Å². The highest BCUT2D eigenvalue weighted by molar-refractivity contribution is 9.10. The topological polar surface area (TPSA) is 75.3 Å². The van der Waals surface area contributed by atoms with Gasteiger partial charge in [-0.2, -0.15) is 0 Å². The van der Waals surface area contributed by atoms with Crippen LogP contribution in [0.25, 0.3) is 0 Å². The monoisotopic (exact) mass is 292 g/mol. The van der Waals surface area contributed by atoms with Crippen molar-refractivity contribution in [3.63, 3.8) is 0 Å². The van der Waals surface area contributed by atoms with Crippen LogP contribution in [-0.4, -0.2) is 14.3 Å². The molecular formula is C8H9BrN2O3S. The van der Waals surface area contributed by atoms with Gasteiger partial charge in [0, 0.05) is 11.4 Å². The molecule has 0 unspecified atom stereocenters. The number of hydrazine groups is 1. The third-order valence-corrected chi connectivity index (χ3v) is 3.21. The van der Waals surface area contributed by atoms with Gasteiger partial charge in [0.25, 0.3) is 10.0 Å². The van der Waals surface area contributed by atoms with Gasteiger partial charge in [0.15, 0.2) is 0 Å². The molecule has 0 aromatic heterocycles. The molecule has 0 saturated heterocycles. The summed E-state index contributed by atoms with van der Waals surface area (Å²) in [6.07, 6.45) is 0. The van der Waals surface area contributed by atoms with Gasteiger partial charge in [-0.3, -0.25) is 10.2 Å². The third-order valence-electron chi connectivity index (χ3n) is 1.47. The zero-order chi connectivity index (χ0) is 11.5. The second kappa shape index (κ2) is 4.73. The molecule has 1 aromatic rings. The smallest absolute Gasteiger partial charge is 0.257 e. The fraction of sp³-hybridized carbons (Fsp3) is 0.125. The fourth-order valence-electron chi connectivity index (χ4n) is 0.832. The zero-order valence-electron chi connectivity index (χ0n) is 7.82. The number of sulfonamides is 1. The minimum atomic E-state index is -3.69. The highest BCUT2D eigenvalue weighted by Crippen LogP contribution is 2.15. The van der Waals surface area contributed by atoms with E-state index in [-0.39, 0.29) is 4.90 Å². The molecule has 0 aliphatic rings. The van der Waals surface area contributed by atoms with Crippen LogP contribution in [0.1, 0.15) is 6.92 Å². The number of hydrogen-bond donors (Lipinski definition) is 2. The summed E-state index contributed by atoms with van der Waals surface area (Å²) in [4.78, 5) is 12.6. The highest BCUT2D eigenvalue weighted by atomic mass is 79.9. The van der Waals surface area contributed by atoms with Gasteiger partial charge in [0.1, 0.15) is 0 Å². The molecule has 82 valence electrons. The van der Waals surface area contributed by atoms with Crippen LogP contribution in [-0.2, 0) is 14.8 Å². The Balaban J connectivity index is 2.91. The second-order valence-electron chi connectivity index (χ2n) is 2.74. The number of rotatable bonds is 3. The Morgan fingerprint density at radius 2 is 2.07 bits per heavy atom. The normalized spacial score (nSPS) is 11.1. The summed E-state index contributed by atoms with van der Waals surface area (Å²) >= 11 is 3.16. The molecule has 0 aliphatic heterocycles. The average molecular weight is 293 g/mol. The quantitative estimate of drug-likeness (QED) is 0.809. The van der Waals surface area contributed by atoms with Crippen LogP contribution in [0.5, 0.6) is 0 Å². The van der Waals surface area contributed by atoms with Gasteiger partial charge in [-0.15, -0.1) is 4.83 Å². The second-order valence-corrected chi connectivity index (χ2v) is 5.34. The first-order chi connectivity index (χ1) is 6.92. The molecule has 0 heterocycles. The molecule has 5 nitrogen and oxygen atoms in total. The summed E-state index contributed by atoms with van der Waals surface area (Å²) in [7, 11) is -3.69. The summed E-state index contributed by atoms with van der Waals surface area (Å²) in [5, 5.41) is 0. The largest absolute Gasteiger partial charge is 0.278 e. The first-order valence-electron chi connectivity index (χ1n) is 3.96. The fourth-order valence-corrected chi connectivity index (χ4v) is 2.32. The number of nitrogens with one attached hydrogen (secondary N) is 2. The SMILES string of the molecule is CC(=O)NNS(=O)(=O)c1cccc(Br)c1. The predicted molar refractivity (Wildman–Crippen MR) is 58.3 cm³/mol. The van der Waals surface area contributed by atoms with Crippen molar-refractivity contribution in [2.24, 2.45) is 0 Å². The minimum Gasteiger partial charge on any atom is -0.278 e. The van der Waals surface area contributed by atoms with Crippen molar-refractivity contribution >= 4 is 31.9 Å². The van der Waals surface area contributed by atoms with Gasteiger partial charge in [-0.25, -0.2) is 8.42 Å². The Bertz CT molecular complexity index is 473. The van der Waals surface area contributed by atoms with Crippen LogP contribution < -0.4 is 10.3 Å². The van der Waals surface area contributed by atoms with Crippen LogP contribution in [0.3, 0.4) is 0 Å². The van der Waals surface area contributed by atoms with E-state index in [1.54, 1.807) is 12.1 Å². The number of amides is 1. The van der Waals surface area contributed by atoms with Gasteiger partial charge in [0.2, 0.25) is 5.91 Å². The number of halogens is 1. The van der Waals surface area contributed by atoms with E-state index in [9.17, 15) is 13.2 Å². The van der Waals surface area contributed by atoms with E-state index in [0.29, 0.717) is 4.47 Å². The maximum atomic E-state index is 11.5. The van der Waals surface area contributed by atoms with Crippen molar-refractivity contribution in [2.75, 3.05) is 0 Å². The molecule has 1 amide bonds. The Labute approximate surface area is 96.0 Å². The highest BCUT2D eigenvalue weighted by Gasteiger charge is 2.13. The van der Waals surface area contributed by atoms with Crippen molar-refractivity contribution in [3.8, 4) is 0 Å². The number of hydrogen-bond acceptors (Lipinski definition) is 3. The third kappa shape index (κ3) is 3.61. The summed E-state index contributed by atoms with van der Waals surface area (Å²) in [6, 6.07) is 6.16. The van der Waals surface area contributed by atoms with E-state index < -0.39 is 15.9 Å². The predicted octanol–water partition coefficient (Wildman–Crippen LogP) is 0.778. The summed E-state index contributed by atoms with van der Waals surface area (Å²) in [5.74, 6) is -0.478. The molecule has 0 radical (unpaired) electrons. The standard InChI is InChI=1S/C8H9BrN2O3S/c1-6(12)10-11-15(13,14)8-4-2-3-7(9)5-8/h2-5,11H,1H3,(H,10,12). The first kappa shape index (κ1) is 12.2. The summed E-state index contributed by atoms with van der Waals surface area (Å²) in [5.41, 5.74) is 2.01. The van der Waals surface area contributed by atoms with Crippen LogP contribution in [0, 0.1) is 0 Å².